The molecule has 98 valence electrons. The lowest BCUT2D eigenvalue weighted by Gasteiger charge is -2.32. The molecule has 2 heterocycles. The van der Waals surface area contributed by atoms with Crippen molar-refractivity contribution < 1.29 is 10.1 Å². The van der Waals surface area contributed by atoms with Crippen molar-refractivity contribution in [3.05, 3.63) is 27.6 Å². The number of hydrazone groups is 1. The van der Waals surface area contributed by atoms with Crippen molar-refractivity contribution >= 4 is 23.0 Å². The molecule has 2 unspecified atom stereocenters. The third kappa shape index (κ3) is 2.16. The summed E-state index contributed by atoms with van der Waals surface area (Å²) in [6, 6.07) is 2.09. The van der Waals surface area contributed by atoms with Gasteiger partial charge in [0.05, 0.1) is 12.6 Å². The van der Waals surface area contributed by atoms with Crippen LogP contribution in [0.1, 0.15) is 4.88 Å². The molecule has 9 heteroatoms. The second-order valence-electron chi connectivity index (χ2n) is 3.79. The highest BCUT2D eigenvalue weighted by Crippen LogP contribution is 2.12. The molecule has 0 aromatic carbocycles. The van der Waals surface area contributed by atoms with Crippen LogP contribution >= 0.6 is 11.3 Å². The van der Waals surface area contributed by atoms with Gasteiger partial charge in [-0.15, -0.1) is 16.2 Å². The van der Waals surface area contributed by atoms with E-state index in [1.165, 1.54) is 11.3 Å². The highest BCUT2D eigenvalue weighted by molar-refractivity contribution is 7.09. The van der Waals surface area contributed by atoms with E-state index in [0.29, 0.717) is 6.54 Å². The molecule has 1 aromatic heterocycles. The first-order valence-corrected chi connectivity index (χ1v) is 6.06. The molecule has 0 fully saturated rings. The van der Waals surface area contributed by atoms with Gasteiger partial charge in [0.25, 0.3) is 5.84 Å². The molecule has 0 bridgehead atoms. The van der Waals surface area contributed by atoms with Crippen LogP contribution in [0, 0.1) is 5.21 Å². The monoisotopic (exact) mass is 270 g/mol. The van der Waals surface area contributed by atoms with Gasteiger partial charge < -0.3 is 16.7 Å². The van der Waals surface area contributed by atoms with Crippen LogP contribution in [0.15, 0.2) is 22.5 Å². The van der Waals surface area contributed by atoms with E-state index in [0.717, 1.165) is 4.88 Å². The van der Waals surface area contributed by atoms with Gasteiger partial charge in [0.15, 0.2) is 5.84 Å². The van der Waals surface area contributed by atoms with Gasteiger partial charge in [-0.25, -0.2) is 0 Å². The fourth-order valence-electron chi connectivity index (χ4n) is 1.54. The maximum absolute atomic E-state index is 11.5. The van der Waals surface area contributed by atoms with Crippen LogP contribution in [0.5, 0.6) is 0 Å². The zero-order chi connectivity index (χ0) is 13.3. The molecule has 0 saturated carbocycles. The summed E-state index contributed by atoms with van der Waals surface area (Å²) in [5, 5.41) is 23.3. The van der Waals surface area contributed by atoms with Crippen LogP contribution < -0.4 is 17.2 Å². The van der Waals surface area contributed by atoms with E-state index in [1.54, 1.807) is 0 Å². The fourth-order valence-corrected chi connectivity index (χ4v) is 2.17. The maximum Gasteiger partial charge on any atom is 0.291 e. The van der Waals surface area contributed by atoms with Gasteiger partial charge in [-0.2, -0.15) is 0 Å². The Morgan fingerprint density at radius 3 is 2.83 bits per heavy atom. The smallest absolute Gasteiger partial charge is 0.291 e. The van der Waals surface area contributed by atoms with Crippen molar-refractivity contribution in [2.75, 3.05) is 0 Å². The van der Waals surface area contributed by atoms with Crippen molar-refractivity contribution in [1.29, 1.82) is 0 Å². The minimum Gasteiger partial charge on any atom is -0.691 e. The van der Waals surface area contributed by atoms with Crippen LogP contribution in [0.4, 0.5) is 0 Å². The Morgan fingerprint density at radius 2 is 2.22 bits per heavy atom. The Morgan fingerprint density at radius 1 is 1.50 bits per heavy atom. The first kappa shape index (κ1) is 12.8. The largest absolute Gasteiger partial charge is 0.691 e. The molecule has 1 aliphatic heterocycles. The lowest BCUT2D eigenvalue weighted by molar-refractivity contribution is -0.688. The van der Waals surface area contributed by atoms with E-state index in [9.17, 15) is 10.4 Å². The molecule has 0 aliphatic carbocycles. The SMILES string of the molecule is NC1=[N+]([O-])N(O)C(=NCc2cccs2)C(N)C1N. The zero-order valence-electron chi connectivity index (χ0n) is 9.43. The minimum atomic E-state index is -0.868. The summed E-state index contributed by atoms with van der Waals surface area (Å²) in [7, 11) is 0. The van der Waals surface area contributed by atoms with Crippen LogP contribution in [0.25, 0.3) is 0 Å². The van der Waals surface area contributed by atoms with Gasteiger partial charge in [0.1, 0.15) is 6.04 Å². The first-order chi connectivity index (χ1) is 8.52. The van der Waals surface area contributed by atoms with E-state index >= 15 is 0 Å². The van der Waals surface area contributed by atoms with Crippen molar-refractivity contribution in [1.82, 2.24) is 5.17 Å². The van der Waals surface area contributed by atoms with Crippen molar-refractivity contribution in [3.63, 3.8) is 0 Å². The van der Waals surface area contributed by atoms with E-state index in [1.807, 2.05) is 17.5 Å². The lowest BCUT2D eigenvalue weighted by atomic mass is 10.1. The van der Waals surface area contributed by atoms with Crippen LogP contribution in [0.2, 0.25) is 0 Å². The number of rotatable bonds is 2. The minimum absolute atomic E-state index is 0.0000926. The third-order valence-electron chi connectivity index (χ3n) is 2.60. The maximum atomic E-state index is 11.5. The Hall–Kier alpha value is -1.68. The molecule has 18 heavy (non-hydrogen) atoms. The number of amidine groups is 2. The molecular weight excluding hydrogens is 256 g/mol. The molecular formula is C9H14N6O2S. The van der Waals surface area contributed by atoms with Gasteiger partial charge in [-0.1, -0.05) is 11.2 Å². The fraction of sp³-hybridized carbons (Fsp3) is 0.333. The number of hydroxylamine groups is 1. The quantitative estimate of drug-likeness (QED) is 0.392. The Kier molecular flexibility index (Phi) is 3.48. The van der Waals surface area contributed by atoms with Crippen LogP contribution in [-0.2, 0) is 6.54 Å². The molecule has 1 aromatic rings. The summed E-state index contributed by atoms with van der Waals surface area (Å²) in [5.74, 6) is -0.250. The standard InChI is InChI=1S/C9H14N6O2S/c10-6-7(11)9(15(17)14(16)8(6)12)13-4-5-2-1-3-18-5/h1-3,6-7,17H,4,10-12H2. The lowest BCUT2D eigenvalue weighted by Crippen LogP contribution is -2.66. The zero-order valence-corrected chi connectivity index (χ0v) is 10.2. The number of hydrogen-bond donors (Lipinski definition) is 4. The van der Waals surface area contributed by atoms with Gasteiger partial charge in [0, 0.05) is 4.88 Å². The summed E-state index contributed by atoms with van der Waals surface area (Å²) in [4.78, 5) is 5.18. The molecule has 0 amide bonds. The summed E-state index contributed by atoms with van der Waals surface area (Å²) < 4.78 is 0. The third-order valence-corrected chi connectivity index (χ3v) is 3.46. The summed E-state index contributed by atoms with van der Waals surface area (Å²) in [5.41, 5.74) is 16.9. The Labute approximate surface area is 107 Å². The predicted molar refractivity (Wildman–Crippen MR) is 67.9 cm³/mol. The molecule has 0 spiro atoms. The van der Waals surface area contributed by atoms with E-state index in [4.69, 9.17) is 17.2 Å². The van der Waals surface area contributed by atoms with Gasteiger partial charge in [0.2, 0.25) is 0 Å². The normalized spacial score (nSPS) is 27.1. The summed E-state index contributed by atoms with van der Waals surface area (Å²) >= 11 is 1.52. The van der Waals surface area contributed by atoms with Crippen molar-refractivity contribution in [3.8, 4) is 0 Å². The second kappa shape index (κ2) is 4.90. The first-order valence-electron chi connectivity index (χ1n) is 5.18. The highest BCUT2D eigenvalue weighted by Gasteiger charge is 2.37. The average Bonchev–Trinajstić information content (AvgIpc) is 2.87. The predicted octanol–water partition coefficient (Wildman–Crippen LogP) is -1.21. The number of nitrogens with two attached hydrogens (primary N) is 3. The van der Waals surface area contributed by atoms with E-state index < -0.39 is 12.1 Å². The number of aliphatic imine (C=N–C) groups is 1. The molecule has 2 atom stereocenters. The van der Waals surface area contributed by atoms with E-state index in [-0.39, 0.29) is 21.7 Å². The molecule has 1 aliphatic rings. The van der Waals surface area contributed by atoms with Gasteiger partial charge >= 0.3 is 0 Å². The highest BCUT2D eigenvalue weighted by atomic mass is 32.1. The van der Waals surface area contributed by atoms with Crippen LogP contribution in [-0.4, -0.2) is 39.0 Å². The molecule has 7 N–H and O–H groups in total. The number of nitrogens with zero attached hydrogens (tertiary/aromatic N) is 3. The Bertz CT molecular complexity index is 485. The van der Waals surface area contributed by atoms with Crippen molar-refractivity contribution in [2.45, 2.75) is 18.6 Å². The van der Waals surface area contributed by atoms with Crippen molar-refractivity contribution in [2.24, 2.45) is 22.2 Å². The summed E-state index contributed by atoms with van der Waals surface area (Å²) in [6.07, 6.45) is 0. The number of hydrazine groups is 1. The second-order valence-corrected chi connectivity index (χ2v) is 4.82. The molecule has 0 saturated heterocycles. The van der Waals surface area contributed by atoms with Gasteiger partial charge in [-0.3, -0.25) is 15.9 Å². The van der Waals surface area contributed by atoms with Crippen LogP contribution in [0.3, 0.4) is 0 Å². The topological polar surface area (TPSA) is 140 Å². The van der Waals surface area contributed by atoms with Gasteiger partial charge in [-0.05, 0) is 11.4 Å². The summed E-state index contributed by atoms with van der Waals surface area (Å²) in [6.45, 7) is 0.318. The Balaban J connectivity index is 2.25. The average molecular weight is 270 g/mol. The molecule has 0 radical (unpaired) electrons. The number of thiophene rings is 1. The number of hydrogen-bond acceptors (Lipinski definition) is 7. The molecule has 2 rings (SSSR count). The molecule has 8 nitrogen and oxygen atoms in total. The van der Waals surface area contributed by atoms with E-state index in [2.05, 4.69) is 4.99 Å².